The minimum atomic E-state index is 0.965. The molecule has 0 fully saturated rings. The van der Waals surface area contributed by atoms with E-state index in [-0.39, 0.29) is 0 Å². The average Bonchev–Trinajstić information content (AvgIpc) is 3.88. The normalized spacial score (nSPS) is 11.0. The summed E-state index contributed by atoms with van der Waals surface area (Å²) in [6, 6.07) is 47.3. The fraction of sp³-hybridized carbons (Fsp3) is 0. The zero-order valence-electron chi connectivity index (χ0n) is 24.9. The van der Waals surface area contributed by atoms with E-state index in [1.54, 1.807) is 0 Å². The Kier molecular flexibility index (Phi) is 7.09. The first-order valence-electron chi connectivity index (χ1n) is 15.3. The molecule has 218 valence electrons. The minimum Gasteiger partial charge on any atom is -0.285 e. The Morgan fingerprint density at radius 2 is 0.739 bits per heavy atom. The van der Waals surface area contributed by atoms with Crippen molar-refractivity contribution in [3.63, 3.8) is 0 Å². The van der Waals surface area contributed by atoms with Gasteiger partial charge in [-0.15, -0.1) is 0 Å². The van der Waals surface area contributed by atoms with Crippen LogP contribution < -0.4 is 0 Å². The summed E-state index contributed by atoms with van der Waals surface area (Å²) < 4.78 is 0. The topological polar surface area (TPSA) is 70.2 Å². The summed E-state index contributed by atoms with van der Waals surface area (Å²) in [6.07, 6.45) is 9.48. The van der Waals surface area contributed by atoms with Gasteiger partial charge in [-0.3, -0.25) is 15.2 Å². The lowest BCUT2D eigenvalue weighted by atomic mass is 9.86. The van der Waals surface area contributed by atoms with Crippen molar-refractivity contribution in [3.8, 4) is 78.0 Å². The third-order valence-electron chi connectivity index (χ3n) is 8.42. The van der Waals surface area contributed by atoms with Crippen molar-refractivity contribution in [2.45, 2.75) is 0 Å². The Morgan fingerprint density at radius 1 is 0.348 bits per heavy atom. The lowest BCUT2D eigenvalue weighted by molar-refractivity contribution is 1.09. The largest absolute Gasteiger partial charge is 0.285 e. The molecule has 8 rings (SSSR count). The molecule has 0 saturated carbocycles. The van der Waals surface area contributed by atoms with Gasteiger partial charge in [0, 0.05) is 35.3 Å². The van der Waals surface area contributed by atoms with Crippen molar-refractivity contribution in [1.29, 1.82) is 0 Å². The molecule has 0 aliphatic rings. The lowest BCUT2D eigenvalue weighted by Crippen LogP contribution is -1.91. The van der Waals surface area contributed by atoms with Crippen LogP contribution in [0.1, 0.15) is 0 Å². The number of nitrogens with one attached hydrogen (secondary N) is 2. The van der Waals surface area contributed by atoms with Crippen LogP contribution in [0.25, 0.3) is 78.0 Å². The number of H-pyrrole nitrogens is 2. The molecule has 0 spiro atoms. The van der Waals surface area contributed by atoms with E-state index < -0.39 is 0 Å². The van der Waals surface area contributed by atoms with Gasteiger partial charge in [-0.2, -0.15) is 10.2 Å². The van der Waals surface area contributed by atoms with Crippen LogP contribution in [0, 0.1) is 0 Å². The average molecular weight is 592 g/mol. The highest BCUT2D eigenvalue weighted by molar-refractivity contribution is 5.93. The van der Waals surface area contributed by atoms with Gasteiger partial charge in [-0.25, -0.2) is 0 Å². The molecule has 0 atom stereocenters. The quantitative estimate of drug-likeness (QED) is 0.194. The van der Waals surface area contributed by atoms with Gasteiger partial charge in [0.1, 0.15) is 0 Å². The molecule has 2 N–H and O–H groups in total. The van der Waals surface area contributed by atoms with Gasteiger partial charge in [-0.05, 0) is 86.0 Å². The van der Waals surface area contributed by atoms with Crippen LogP contribution in [0.3, 0.4) is 0 Å². The SMILES string of the molecule is c1ccc(-c2ccc(-c3ccccc3-c3cc(-c4ccccc4-c4cn[nH]c4)cc(-c4ccccc4-c4cn[nH]c4)c3)cc2)nc1. The standard InChI is InChI=1S/C41H29N5/c1-2-10-36(35(9-1)28-16-18-29(19-17-28)41-15-7-8-20-42-41)30-21-31(37-11-3-5-13-39(37)33-24-43-44-25-33)23-32(22-30)38-12-4-6-14-40(38)34-26-45-46-27-34/h1-27H,(H,43,44)(H,45,46). The molecule has 0 saturated heterocycles. The van der Waals surface area contributed by atoms with E-state index >= 15 is 0 Å². The van der Waals surface area contributed by atoms with Crippen molar-refractivity contribution in [2.24, 2.45) is 0 Å². The van der Waals surface area contributed by atoms with Crippen LogP contribution in [0.4, 0.5) is 0 Å². The van der Waals surface area contributed by atoms with Gasteiger partial charge in [0.15, 0.2) is 0 Å². The highest BCUT2D eigenvalue weighted by Crippen LogP contribution is 2.42. The minimum absolute atomic E-state index is 0.965. The van der Waals surface area contributed by atoms with Crippen molar-refractivity contribution < 1.29 is 0 Å². The molecule has 5 nitrogen and oxygen atoms in total. The number of pyridine rings is 1. The molecular formula is C41H29N5. The van der Waals surface area contributed by atoms with Gasteiger partial charge < -0.3 is 0 Å². The molecule has 0 bridgehead atoms. The van der Waals surface area contributed by atoms with Crippen molar-refractivity contribution >= 4 is 0 Å². The van der Waals surface area contributed by atoms with Crippen molar-refractivity contribution in [3.05, 3.63) is 164 Å². The Bertz CT molecular complexity index is 2140. The molecule has 46 heavy (non-hydrogen) atoms. The van der Waals surface area contributed by atoms with Crippen LogP contribution in [0.5, 0.6) is 0 Å². The molecule has 0 radical (unpaired) electrons. The molecule has 0 aliphatic heterocycles. The summed E-state index contributed by atoms with van der Waals surface area (Å²) in [7, 11) is 0. The molecule has 5 heteroatoms. The van der Waals surface area contributed by atoms with Crippen LogP contribution in [0.2, 0.25) is 0 Å². The molecule has 0 aliphatic carbocycles. The number of benzene rings is 5. The molecule has 3 heterocycles. The van der Waals surface area contributed by atoms with Crippen molar-refractivity contribution in [2.75, 3.05) is 0 Å². The second kappa shape index (κ2) is 12.0. The van der Waals surface area contributed by atoms with E-state index in [2.05, 4.69) is 141 Å². The predicted molar refractivity (Wildman–Crippen MR) is 187 cm³/mol. The maximum Gasteiger partial charge on any atom is 0.0701 e. The smallest absolute Gasteiger partial charge is 0.0701 e. The lowest BCUT2D eigenvalue weighted by Gasteiger charge is -2.17. The summed E-state index contributed by atoms with van der Waals surface area (Å²) in [5.41, 5.74) is 15.6. The molecule has 5 aromatic carbocycles. The van der Waals surface area contributed by atoms with E-state index in [9.17, 15) is 0 Å². The Balaban J connectivity index is 1.32. The van der Waals surface area contributed by atoms with E-state index in [0.717, 1.165) is 72.5 Å². The first-order valence-corrected chi connectivity index (χ1v) is 15.3. The highest BCUT2D eigenvalue weighted by Gasteiger charge is 2.16. The fourth-order valence-corrected chi connectivity index (χ4v) is 6.20. The molecule has 3 aromatic heterocycles. The second-order valence-corrected chi connectivity index (χ2v) is 11.2. The Labute approximate surface area is 267 Å². The number of rotatable bonds is 7. The molecule has 8 aromatic rings. The second-order valence-electron chi connectivity index (χ2n) is 11.2. The number of hydrogen-bond donors (Lipinski definition) is 2. The number of hydrogen-bond acceptors (Lipinski definition) is 3. The fourth-order valence-electron chi connectivity index (χ4n) is 6.20. The summed E-state index contributed by atoms with van der Waals surface area (Å²) >= 11 is 0. The van der Waals surface area contributed by atoms with E-state index in [1.807, 2.05) is 49.2 Å². The molecule has 0 amide bonds. The third kappa shape index (κ3) is 5.20. The molecular weight excluding hydrogens is 562 g/mol. The summed E-state index contributed by atoms with van der Waals surface area (Å²) in [5, 5.41) is 14.4. The highest BCUT2D eigenvalue weighted by atomic mass is 15.1. The van der Waals surface area contributed by atoms with Gasteiger partial charge in [0.25, 0.3) is 0 Å². The summed E-state index contributed by atoms with van der Waals surface area (Å²) in [5.74, 6) is 0. The number of aromatic nitrogens is 5. The van der Waals surface area contributed by atoms with Gasteiger partial charge in [0.2, 0.25) is 0 Å². The summed E-state index contributed by atoms with van der Waals surface area (Å²) in [4.78, 5) is 4.53. The zero-order valence-corrected chi connectivity index (χ0v) is 24.9. The van der Waals surface area contributed by atoms with Crippen molar-refractivity contribution in [1.82, 2.24) is 25.4 Å². The number of nitrogens with zero attached hydrogens (tertiary/aromatic N) is 3. The maximum absolute atomic E-state index is 4.53. The Morgan fingerprint density at radius 3 is 1.13 bits per heavy atom. The van der Waals surface area contributed by atoms with Crippen LogP contribution in [-0.2, 0) is 0 Å². The summed E-state index contributed by atoms with van der Waals surface area (Å²) in [6.45, 7) is 0. The molecule has 0 unspecified atom stereocenters. The van der Waals surface area contributed by atoms with E-state index in [1.165, 1.54) is 5.56 Å². The Hall–Kier alpha value is -6.33. The maximum atomic E-state index is 4.53. The van der Waals surface area contributed by atoms with E-state index in [4.69, 9.17) is 0 Å². The first kappa shape index (κ1) is 27.2. The number of aromatic amines is 2. The van der Waals surface area contributed by atoms with Gasteiger partial charge >= 0.3 is 0 Å². The first-order chi connectivity index (χ1) is 22.8. The zero-order chi connectivity index (χ0) is 30.7. The van der Waals surface area contributed by atoms with Crippen LogP contribution in [0.15, 0.2) is 164 Å². The third-order valence-corrected chi connectivity index (χ3v) is 8.42. The van der Waals surface area contributed by atoms with E-state index in [0.29, 0.717) is 0 Å². The van der Waals surface area contributed by atoms with Crippen LogP contribution >= 0.6 is 0 Å². The van der Waals surface area contributed by atoms with Gasteiger partial charge in [0.05, 0.1) is 18.1 Å². The monoisotopic (exact) mass is 591 g/mol. The van der Waals surface area contributed by atoms with Crippen LogP contribution in [-0.4, -0.2) is 25.4 Å². The predicted octanol–water partition coefficient (Wildman–Crippen LogP) is 10.2. The van der Waals surface area contributed by atoms with Gasteiger partial charge in [-0.1, -0.05) is 103 Å².